The van der Waals surface area contributed by atoms with E-state index in [0.29, 0.717) is 56.0 Å². The van der Waals surface area contributed by atoms with Crippen LogP contribution in [0.4, 0.5) is 11.5 Å². The van der Waals surface area contributed by atoms with Gasteiger partial charge in [0.15, 0.2) is 0 Å². The first-order valence-electron chi connectivity index (χ1n) is 12.9. The molecule has 1 aromatic carbocycles. The van der Waals surface area contributed by atoms with Gasteiger partial charge in [-0.25, -0.2) is 15.0 Å². The molecule has 6 rings (SSSR count). The second-order valence-electron chi connectivity index (χ2n) is 10.2. The van der Waals surface area contributed by atoms with Crippen molar-refractivity contribution in [1.82, 2.24) is 25.2 Å². The maximum Gasteiger partial charge on any atom is 0.272 e. The van der Waals surface area contributed by atoms with Crippen LogP contribution in [0.3, 0.4) is 0 Å². The summed E-state index contributed by atoms with van der Waals surface area (Å²) in [6.45, 7) is 0.742. The molecule has 1 fully saturated rings. The van der Waals surface area contributed by atoms with Crippen LogP contribution in [-0.2, 0) is 32.6 Å². The van der Waals surface area contributed by atoms with Crippen molar-refractivity contribution in [2.45, 2.75) is 31.1 Å². The number of piperidine rings is 1. The van der Waals surface area contributed by atoms with Crippen molar-refractivity contribution in [2.75, 3.05) is 30.3 Å². The van der Waals surface area contributed by atoms with Crippen molar-refractivity contribution >= 4 is 35.1 Å². The van der Waals surface area contributed by atoms with E-state index in [1.54, 1.807) is 17.2 Å². The van der Waals surface area contributed by atoms with Crippen molar-refractivity contribution in [3.8, 4) is 0 Å². The lowest BCUT2D eigenvalue weighted by Gasteiger charge is -2.31. The largest absolute Gasteiger partial charge is 0.347 e. The molecule has 11 heteroatoms. The molecule has 0 saturated carbocycles. The number of amides is 4. The van der Waals surface area contributed by atoms with E-state index in [9.17, 15) is 19.2 Å². The summed E-state index contributed by atoms with van der Waals surface area (Å²) in [4.78, 5) is 64.5. The average Bonchev–Trinajstić information content (AvgIpc) is 3.48. The van der Waals surface area contributed by atoms with Crippen LogP contribution in [-0.4, -0.2) is 63.1 Å². The van der Waals surface area contributed by atoms with Crippen LogP contribution in [0.5, 0.6) is 0 Å². The molecule has 39 heavy (non-hydrogen) atoms. The lowest BCUT2D eigenvalue weighted by atomic mass is 9.79. The smallest absolute Gasteiger partial charge is 0.272 e. The van der Waals surface area contributed by atoms with Crippen molar-refractivity contribution in [1.29, 1.82) is 0 Å². The van der Waals surface area contributed by atoms with E-state index < -0.39 is 5.41 Å². The predicted octanol–water partition coefficient (Wildman–Crippen LogP) is 1.47. The van der Waals surface area contributed by atoms with Crippen molar-refractivity contribution in [3.63, 3.8) is 0 Å². The van der Waals surface area contributed by atoms with Gasteiger partial charge >= 0.3 is 0 Å². The molecule has 3 aromatic rings. The molecule has 0 radical (unpaired) electrons. The molecule has 11 nitrogen and oxygen atoms in total. The summed E-state index contributed by atoms with van der Waals surface area (Å²) < 4.78 is 0. The molecule has 1 atom stereocenters. The summed E-state index contributed by atoms with van der Waals surface area (Å²) >= 11 is 0. The molecule has 198 valence electrons. The van der Waals surface area contributed by atoms with E-state index in [0.717, 1.165) is 16.7 Å². The summed E-state index contributed by atoms with van der Waals surface area (Å²) in [6, 6.07) is 11.0. The zero-order valence-electron chi connectivity index (χ0n) is 21.1. The lowest BCUT2D eigenvalue weighted by molar-refractivity contribution is -0.128. The second kappa shape index (κ2) is 9.90. The molecule has 3 aliphatic rings. The topological polar surface area (TPSA) is 146 Å². The third-order valence-corrected chi connectivity index (χ3v) is 7.84. The Morgan fingerprint density at radius 2 is 1.85 bits per heavy atom. The van der Waals surface area contributed by atoms with Crippen LogP contribution in [0.25, 0.3) is 0 Å². The van der Waals surface area contributed by atoms with E-state index in [2.05, 4.69) is 30.9 Å². The minimum Gasteiger partial charge on any atom is -0.347 e. The van der Waals surface area contributed by atoms with Gasteiger partial charge in [-0.05, 0) is 61.1 Å². The van der Waals surface area contributed by atoms with Crippen molar-refractivity contribution < 1.29 is 19.2 Å². The second-order valence-corrected chi connectivity index (χ2v) is 10.2. The van der Waals surface area contributed by atoms with Crippen molar-refractivity contribution in [3.05, 3.63) is 77.5 Å². The van der Waals surface area contributed by atoms with Gasteiger partial charge in [0.05, 0.1) is 12.0 Å². The summed E-state index contributed by atoms with van der Waals surface area (Å²) in [7, 11) is 0. The number of pyridine rings is 1. The molecule has 2 aliphatic heterocycles. The quantitative estimate of drug-likeness (QED) is 0.457. The maximum absolute atomic E-state index is 12.9. The molecule has 2 aromatic heterocycles. The molecule has 1 unspecified atom stereocenters. The fourth-order valence-corrected chi connectivity index (χ4v) is 5.79. The summed E-state index contributed by atoms with van der Waals surface area (Å²) in [5, 5.41) is 8.47. The zero-order valence-corrected chi connectivity index (χ0v) is 21.1. The van der Waals surface area contributed by atoms with Gasteiger partial charge in [0.25, 0.3) is 5.91 Å². The molecule has 4 amide bonds. The highest BCUT2D eigenvalue weighted by Crippen LogP contribution is 2.46. The normalized spacial score (nSPS) is 19.8. The summed E-state index contributed by atoms with van der Waals surface area (Å²) in [5.74, 6) is -0.411. The van der Waals surface area contributed by atoms with Crippen LogP contribution >= 0.6 is 0 Å². The first-order chi connectivity index (χ1) is 18.9. The Hall–Kier alpha value is -4.67. The Kier molecular flexibility index (Phi) is 6.26. The zero-order chi connectivity index (χ0) is 27.0. The third kappa shape index (κ3) is 4.60. The molecule has 0 bridgehead atoms. The van der Waals surface area contributed by atoms with Crippen LogP contribution in [0, 0.1) is 5.92 Å². The van der Waals surface area contributed by atoms with E-state index in [-0.39, 0.29) is 36.1 Å². The van der Waals surface area contributed by atoms with Crippen LogP contribution in [0.2, 0.25) is 0 Å². The Morgan fingerprint density at radius 3 is 2.64 bits per heavy atom. The van der Waals surface area contributed by atoms with E-state index in [4.69, 9.17) is 0 Å². The van der Waals surface area contributed by atoms with Crippen LogP contribution in [0.1, 0.15) is 40.0 Å². The van der Waals surface area contributed by atoms with Gasteiger partial charge in [-0.2, -0.15) is 0 Å². The highest BCUT2D eigenvalue weighted by molar-refractivity contribution is 6.06. The number of nitrogens with one attached hydrogen (secondary N) is 3. The fourth-order valence-electron chi connectivity index (χ4n) is 5.79. The molecule has 3 N–H and O–H groups in total. The number of anilines is 2. The minimum atomic E-state index is -0.669. The molecular formula is C28H27N7O4. The highest BCUT2D eigenvalue weighted by atomic mass is 16.2. The summed E-state index contributed by atoms with van der Waals surface area (Å²) in [6.07, 6.45) is 6.68. The Morgan fingerprint density at radius 1 is 1.03 bits per heavy atom. The number of nitrogens with zero attached hydrogens (tertiary/aromatic N) is 4. The predicted molar refractivity (Wildman–Crippen MR) is 141 cm³/mol. The standard InChI is InChI=1S/C28H27N7O4/c36-23(15-31-25(37)17-6-10-35(11-7-17)26(38)22-5-9-29-16-32-22)33-20-4-3-18-13-28(14-19(18)12-20)21-2-1-8-30-24(21)34-27(28)39/h1-5,8-9,12,16-17H,6-7,10-11,13-15H2,(H,31,37)(H,33,36)(H,30,34,39). The molecule has 1 aliphatic carbocycles. The number of likely N-dealkylation sites (tertiary alicyclic amines) is 1. The Bertz CT molecular complexity index is 1470. The Labute approximate surface area is 224 Å². The Balaban J connectivity index is 1.00. The van der Waals surface area contributed by atoms with E-state index >= 15 is 0 Å². The number of carbonyl (C=O) groups excluding carboxylic acids is 4. The van der Waals surface area contributed by atoms with Gasteiger partial charge < -0.3 is 20.9 Å². The van der Waals surface area contributed by atoms with Gasteiger partial charge in [-0.3, -0.25) is 19.2 Å². The first-order valence-corrected chi connectivity index (χ1v) is 12.9. The molecule has 1 spiro atoms. The average molecular weight is 526 g/mol. The maximum atomic E-state index is 12.9. The number of carbonyl (C=O) groups is 4. The number of hydrogen-bond acceptors (Lipinski definition) is 7. The number of aromatic nitrogens is 3. The van der Waals surface area contributed by atoms with E-state index in [1.165, 1.54) is 12.5 Å². The lowest BCUT2D eigenvalue weighted by Crippen LogP contribution is -2.44. The van der Waals surface area contributed by atoms with Gasteiger partial charge in [-0.1, -0.05) is 12.1 Å². The molecule has 1 saturated heterocycles. The van der Waals surface area contributed by atoms with Crippen LogP contribution < -0.4 is 16.0 Å². The SMILES string of the molecule is O=C(CNC(=O)C1CCN(C(=O)c2ccncn2)CC1)Nc1ccc2c(c1)CC1(C2)C(=O)Nc2ncccc21. The van der Waals surface area contributed by atoms with Gasteiger partial charge in [0, 0.05) is 42.7 Å². The van der Waals surface area contributed by atoms with Crippen molar-refractivity contribution in [2.24, 2.45) is 5.92 Å². The number of benzene rings is 1. The molecular weight excluding hydrogens is 498 g/mol. The first kappa shape index (κ1) is 24.7. The summed E-state index contributed by atoms with van der Waals surface area (Å²) in [5.41, 5.74) is 3.26. The monoisotopic (exact) mass is 525 g/mol. The highest BCUT2D eigenvalue weighted by Gasteiger charge is 2.51. The number of rotatable bonds is 5. The van der Waals surface area contributed by atoms with Gasteiger partial charge in [0.1, 0.15) is 17.8 Å². The fraction of sp³-hybridized carbons (Fsp3) is 0.321. The number of fused-ring (bicyclic) bond motifs is 3. The van der Waals surface area contributed by atoms with E-state index in [1.807, 2.05) is 30.3 Å². The number of hydrogen-bond donors (Lipinski definition) is 3. The van der Waals surface area contributed by atoms with Gasteiger partial charge in [-0.15, -0.1) is 0 Å². The third-order valence-electron chi connectivity index (χ3n) is 7.84. The van der Waals surface area contributed by atoms with Crippen LogP contribution in [0.15, 0.2) is 55.1 Å². The minimum absolute atomic E-state index is 0.0510. The molecule has 4 heterocycles. The van der Waals surface area contributed by atoms with Gasteiger partial charge in [0.2, 0.25) is 17.7 Å².